The van der Waals surface area contributed by atoms with Crippen molar-refractivity contribution in [2.24, 2.45) is 0 Å². The minimum absolute atomic E-state index is 0.00178. The number of rotatable bonds is 2. The molecule has 2 fully saturated rings. The SMILES string of the molecule is Cc1c(C(=O)N2CC[C@@H](N3CCN(C)CC3)C2)cnc2cc(=O)[nH]n12. The van der Waals surface area contributed by atoms with Crippen LogP contribution >= 0.6 is 0 Å². The number of aromatic amines is 1. The molecule has 4 heterocycles. The van der Waals surface area contributed by atoms with Gasteiger partial charge in [-0.1, -0.05) is 0 Å². The number of fused-ring (bicyclic) bond motifs is 1. The van der Waals surface area contributed by atoms with Gasteiger partial charge in [0.1, 0.15) is 0 Å². The smallest absolute Gasteiger partial charge is 0.266 e. The van der Waals surface area contributed by atoms with Gasteiger partial charge in [-0.25, -0.2) is 9.50 Å². The summed E-state index contributed by atoms with van der Waals surface area (Å²) in [5, 5.41) is 2.69. The molecule has 0 unspecified atom stereocenters. The summed E-state index contributed by atoms with van der Waals surface area (Å²) >= 11 is 0. The molecule has 2 aromatic rings. The minimum atomic E-state index is -0.212. The Bertz CT molecular complexity index is 848. The molecule has 2 aromatic heterocycles. The van der Waals surface area contributed by atoms with Crippen molar-refractivity contribution in [2.45, 2.75) is 19.4 Å². The largest absolute Gasteiger partial charge is 0.337 e. The van der Waals surface area contributed by atoms with Gasteiger partial charge in [0.2, 0.25) is 0 Å². The van der Waals surface area contributed by atoms with Gasteiger partial charge in [-0.05, 0) is 20.4 Å². The van der Waals surface area contributed by atoms with E-state index in [4.69, 9.17) is 0 Å². The zero-order valence-corrected chi connectivity index (χ0v) is 14.7. The highest BCUT2D eigenvalue weighted by molar-refractivity contribution is 5.95. The molecule has 0 saturated carbocycles. The fraction of sp³-hybridized carbons (Fsp3) is 0.588. The number of H-pyrrole nitrogens is 1. The van der Waals surface area contributed by atoms with E-state index in [1.165, 1.54) is 6.07 Å². The standard InChI is InChI=1S/C17H24N6O2/c1-12-14(10-18-15-9-16(24)19-23(12)15)17(25)22-4-3-13(11-22)21-7-5-20(2)6-8-21/h9-10,13H,3-8,11H2,1-2H3,(H,19,24)/t13-/m1/s1. The quantitative estimate of drug-likeness (QED) is 0.816. The molecule has 0 bridgehead atoms. The number of carbonyl (C=O) groups is 1. The fourth-order valence-corrected chi connectivity index (χ4v) is 3.87. The molecule has 2 saturated heterocycles. The molecule has 0 spiro atoms. The predicted octanol–water partition coefficient (Wildman–Crippen LogP) is -0.207. The maximum atomic E-state index is 13.0. The molecule has 0 radical (unpaired) electrons. The van der Waals surface area contributed by atoms with Crippen LogP contribution in [0.1, 0.15) is 22.5 Å². The van der Waals surface area contributed by atoms with Crippen LogP contribution in [0.15, 0.2) is 17.1 Å². The lowest BCUT2D eigenvalue weighted by Crippen LogP contribution is -2.50. The van der Waals surface area contributed by atoms with Crippen molar-refractivity contribution < 1.29 is 4.79 Å². The maximum absolute atomic E-state index is 13.0. The van der Waals surface area contributed by atoms with Crippen molar-refractivity contribution in [3.63, 3.8) is 0 Å². The minimum Gasteiger partial charge on any atom is -0.337 e. The van der Waals surface area contributed by atoms with Gasteiger partial charge in [-0.15, -0.1) is 0 Å². The number of aryl methyl sites for hydroxylation is 1. The Kier molecular flexibility index (Phi) is 4.09. The zero-order valence-electron chi connectivity index (χ0n) is 14.7. The Labute approximate surface area is 146 Å². The van der Waals surface area contributed by atoms with Crippen molar-refractivity contribution in [3.8, 4) is 0 Å². The first-order valence-electron chi connectivity index (χ1n) is 8.82. The molecule has 0 aliphatic carbocycles. The first kappa shape index (κ1) is 16.3. The number of likely N-dealkylation sites (tertiary alicyclic amines) is 1. The van der Waals surface area contributed by atoms with Gasteiger partial charge in [0.25, 0.3) is 11.5 Å². The molecule has 2 aliphatic rings. The van der Waals surface area contributed by atoms with Gasteiger partial charge in [0.15, 0.2) is 5.65 Å². The van der Waals surface area contributed by atoms with Crippen LogP contribution < -0.4 is 5.56 Å². The molecular weight excluding hydrogens is 320 g/mol. The summed E-state index contributed by atoms with van der Waals surface area (Å²) in [4.78, 5) is 35.5. The topological polar surface area (TPSA) is 77.0 Å². The Balaban J connectivity index is 1.50. The summed E-state index contributed by atoms with van der Waals surface area (Å²) < 4.78 is 1.59. The monoisotopic (exact) mass is 344 g/mol. The summed E-state index contributed by atoms with van der Waals surface area (Å²) in [7, 11) is 2.15. The predicted molar refractivity (Wildman–Crippen MR) is 93.9 cm³/mol. The second kappa shape index (κ2) is 6.27. The van der Waals surface area contributed by atoms with Crippen LogP contribution in [0.3, 0.4) is 0 Å². The summed E-state index contributed by atoms with van der Waals surface area (Å²) in [5.74, 6) is -0.00178. The number of nitrogens with zero attached hydrogens (tertiary/aromatic N) is 5. The van der Waals surface area contributed by atoms with E-state index in [1.54, 1.807) is 10.7 Å². The molecule has 8 nitrogen and oxygen atoms in total. The molecule has 8 heteroatoms. The fourth-order valence-electron chi connectivity index (χ4n) is 3.87. The van der Waals surface area contributed by atoms with Crippen LogP contribution in [0.25, 0.3) is 5.65 Å². The molecule has 25 heavy (non-hydrogen) atoms. The van der Waals surface area contributed by atoms with Gasteiger partial charge >= 0.3 is 0 Å². The van der Waals surface area contributed by atoms with Gasteiger partial charge < -0.3 is 9.80 Å². The van der Waals surface area contributed by atoms with Crippen molar-refractivity contribution in [1.29, 1.82) is 0 Å². The maximum Gasteiger partial charge on any atom is 0.266 e. The summed E-state index contributed by atoms with van der Waals surface area (Å²) in [6, 6.07) is 1.88. The van der Waals surface area contributed by atoms with E-state index in [0.29, 0.717) is 17.3 Å². The summed E-state index contributed by atoms with van der Waals surface area (Å²) in [6.45, 7) is 7.70. The number of hydrogen-bond donors (Lipinski definition) is 1. The van der Waals surface area contributed by atoms with Crippen LogP contribution in [0.5, 0.6) is 0 Å². The number of carbonyl (C=O) groups excluding carboxylic acids is 1. The number of hydrogen-bond acceptors (Lipinski definition) is 5. The normalized spacial score (nSPS) is 22.8. The van der Waals surface area contributed by atoms with E-state index in [1.807, 2.05) is 11.8 Å². The van der Waals surface area contributed by atoms with E-state index >= 15 is 0 Å². The van der Waals surface area contributed by atoms with Gasteiger partial charge in [0.05, 0.1) is 11.3 Å². The third-order valence-corrected chi connectivity index (χ3v) is 5.50. The first-order valence-corrected chi connectivity index (χ1v) is 8.82. The highest BCUT2D eigenvalue weighted by atomic mass is 16.2. The molecule has 0 aromatic carbocycles. The average molecular weight is 344 g/mol. The molecule has 1 N–H and O–H groups in total. The second-order valence-electron chi connectivity index (χ2n) is 7.10. The Morgan fingerprint density at radius 2 is 2.00 bits per heavy atom. The van der Waals surface area contributed by atoms with Gasteiger partial charge in [-0.3, -0.25) is 19.6 Å². The molecule has 134 valence electrons. The van der Waals surface area contributed by atoms with Gasteiger partial charge in [-0.2, -0.15) is 0 Å². The van der Waals surface area contributed by atoms with E-state index in [-0.39, 0.29) is 11.5 Å². The lowest BCUT2D eigenvalue weighted by Gasteiger charge is -2.36. The molecule has 1 atom stereocenters. The number of aromatic nitrogens is 3. The molecular formula is C17H24N6O2. The van der Waals surface area contributed by atoms with E-state index < -0.39 is 0 Å². The van der Waals surface area contributed by atoms with Crippen LogP contribution in [0.4, 0.5) is 0 Å². The number of piperazine rings is 1. The van der Waals surface area contributed by atoms with Crippen molar-refractivity contribution in [2.75, 3.05) is 46.3 Å². The van der Waals surface area contributed by atoms with Crippen molar-refractivity contribution in [3.05, 3.63) is 33.9 Å². The van der Waals surface area contributed by atoms with Crippen LogP contribution in [-0.4, -0.2) is 87.6 Å². The molecule has 2 aliphatic heterocycles. The van der Waals surface area contributed by atoms with E-state index in [9.17, 15) is 9.59 Å². The van der Waals surface area contributed by atoms with Crippen LogP contribution in [0.2, 0.25) is 0 Å². The molecule has 4 rings (SSSR count). The highest BCUT2D eigenvalue weighted by Gasteiger charge is 2.32. The third-order valence-electron chi connectivity index (χ3n) is 5.50. The summed E-state index contributed by atoms with van der Waals surface area (Å²) in [5.41, 5.74) is 1.60. The van der Waals surface area contributed by atoms with Crippen LogP contribution in [-0.2, 0) is 0 Å². The number of likely N-dealkylation sites (N-methyl/N-ethyl adjacent to an activating group) is 1. The first-order chi connectivity index (χ1) is 12.0. The summed E-state index contributed by atoms with van der Waals surface area (Å²) in [6.07, 6.45) is 2.61. The molecule has 1 amide bonds. The lowest BCUT2D eigenvalue weighted by atomic mass is 10.2. The average Bonchev–Trinajstić information content (AvgIpc) is 3.22. The second-order valence-corrected chi connectivity index (χ2v) is 7.10. The number of amides is 1. The Morgan fingerprint density at radius 1 is 1.24 bits per heavy atom. The lowest BCUT2D eigenvalue weighted by molar-refractivity contribution is 0.0753. The van der Waals surface area contributed by atoms with E-state index in [0.717, 1.165) is 51.4 Å². The van der Waals surface area contributed by atoms with E-state index in [2.05, 4.69) is 26.9 Å². The Hall–Kier alpha value is -2.19. The zero-order chi connectivity index (χ0) is 17.6. The number of nitrogens with one attached hydrogen (secondary N) is 1. The highest BCUT2D eigenvalue weighted by Crippen LogP contribution is 2.20. The van der Waals surface area contributed by atoms with Crippen LogP contribution in [0, 0.1) is 6.92 Å². The van der Waals surface area contributed by atoms with Gasteiger partial charge in [0, 0.05) is 57.6 Å². The Morgan fingerprint density at radius 3 is 2.76 bits per heavy atom. The van der Waals surface area contributed by atoms with Crippen molar-refractivity contribution >= 4 is 11.6 Å². The van der Waals surface area contributed by atoms with Crippen molar-refractivity contribution in [1.82, 2.24) is 29.3 Å². The third kappa shape index (κ3) is 2.96.